The molecule has 2 nitrogen and oxygen atoms in total. The molecule has 1 aromatic carbocycles. The number of ether oxygens (including phenoxy) is 1. The van der Waals surface area contributed by atoms with E-state index in [1.165, 1.54) is 5.56 Å². The number of hydrogen-bond donors (Lipinski definition) is 1. The zero-order valence-electron chi connectivity index (χ0n) is 10.2. The molecule has 1 aliphatic rings. The average molecular weight is 220 g/mol. The SMILES string of the molecule is CC[C@H](O)[C@H]1O[C@@H](c2ccccc2)C1(C)C. The quantitative estimate of drug-likeness (QED) is 0.848. The monoisotopic (exact) mass is 220 g/mol. The standard InChI is InChI=1S/C14H20O2/c1-4-11(15)13-14(2,3)12(16-13)10-8-6-5-7-9-10/h5-9,11-13,15H,4H2,1-3H3/t11-,12-,13+/m0/s1. The summed E-state index contributed by atoms with van der Waals surface area (Å²) in [6.45, 7) is 6.31. The molecule has 0 aliphatic carbocycles. The van der Waals surface area contributed by atoms with Gasteiger partial charge in [0.25, 0.3) is 0 Å². The lowest BCUT2D eigenvalue weighted by Crippen LogP contribution is -2.55. The van der Waals surface area contributed by atoms with E-state index in [0.717, 1.165) is 6.42 Å². The van der Waals surface area contributed by atoms with Crippen LogP contribution in [0.1, 0.15) is 38.9 Å². The number of aliphatic hydroxyl groups is 1. The number of rotatable bonds is 3. The molecule has 0 unspecified atom stereocenters. The summed E-state index contributed by atoms with van der Waals surface area (Å²) in [6.07, 6.45) is 0.466. The fourth-order valence-electron chi connectivity index (χ4n) is 2.51. The summed E-state index contributed by atoms with van der Waals surface area (Å²) in [6, 6.07) is 10.2. The predicted molar refractivity (Wildman–Crippen MR) is 64.1 cm³/mol. The van der Waals surface area contributed by atoms with E-state index >= 15 is 0 Å². The lowest BCUT2D eigenvalue weighted by Gasteiger charge is -2.53. The first-order valence-electron chi connectivity index (χ1n) is 5.96. The molecule has 1 aliphatic heterocycles. The van der Waals surface area contributed by atoms with Crippen LogP contribution in [0, 0.1) is 5.41 Å². The average Bonchev–Trinajstić information content (AvgIpc) is 2.29. The van der Waals surface area contributed by atoms with Crippen molar-refractivity contribution in [2.24, 2.45) is 5.41 Å². The normalized spacial score (nSPS) is 29.5. The summed E-state index contributed by atoms with van der Waals surface area (Å²) in [5.74, 6) is 0. The van der Waals surface area contributed by atoms with Crippen molar-refractivity contribution < 1.29 is 9.84 Å². The molecule has 2 rings (SSSR count). The highest BCUT2D eigenvalue weighted by molar-refractivity contribution is 5.23. The minimum absolute atomic E-state index is 0.0107. The van der Waals surface area contributed by atoms with Gasteiger partial charge in [0.15, 0.2) is 0 Å². The van der Waals surface area contributed by atoms with Crippen LogP contribution < -0.4 is 0 Å². The molecular formula is C14H20O2. The van der Waals surface area contributed by atoms with Crippen LogP contribution >= 0.6 is 0 Å². The maximum atomic E-state index is 9.85. The van der Waals surface area contributed by atoms with E-state index in [1.54, 1.807) is 0 Å². The molecule has 0 radical (unpaired) electrons. The molecule has 0 aromatic heterocycles. The van der Waals surface area contributed by atoms with Gasteiger partial charge in [0.05, 0.1) is 18.3 Å². The number of aliphatic hydroxyl groups excluding tert-OH is 1. The lowest BCUT2D eigenvalue weighted by atomic mass is 9.70. The Morgan fingerprint density at radius 3 is 2.44 bits per heavy atom. The second-order valence-corrected chi connectivity index (χ2v) is 5.14. The molecule has 1 fully saturated rings. The second kappa shape index (κ2) is 4.19. The van der Waals surface area contributed by atoms with Gasteiger partial charge in [0, 0.05) is 5.41 Å². The van der Waals surface area contributed by atoms with Gasteiger partial charge in [0.2, 0.25) is 0 Å². The highest BCUT2D eigenvalue weighted by Gasteiger charge is 2.52. The highest BCUT2D eigenvalue weighted by Crippen LogP contribution is 2.52. The third-order valence-electron chi connectivity index (χ3n) is 3.56. The largest absolute Gasteiger partial charge is 0.390 e. The molecule has 3 atom stereocenters. The number of hydrogen-bond acceptors (Lipinski definition) is 2. The van der Waals surface area contributed by atoms with Gasteiger partial charge in [-0.15, -0.1) is 0 Å². The van der Waals surface area contributed by atoms with Crippen LogP contribution in [0.3, 0.4) is 0 Å². The topological polar surface area (TPSA) is 29.5 Å². The van der Waals surface area contributed by atoms with Crippen LogP contribution in [-0.4, -0.2) is 17.3 Å². The minimum atomic E-state index is -0.352. The zero-order valence-corrected chi connectivity index (χ0v) is 10.2. The van der Waals surface area contributed by atoms with E-state index < -0.39 is 0 Å². The van der Waals surface area contributed by atoms with E-state index in [4.69, 9.17) is 4.74 Å². The van der Waals surface area contributed by atoms with Crippen molar-refractivity contribution in [2.45, 2.75) is 45.5 Å². The van der Waals surface area contributed by atoms with Crippen LogP contribution in [-0.2, 0) is 4.74 Å². The summed E-state index contributed by atoms with van der Waals surface area (Å²) in [7, 11) is 0. The Morgan fingerprint density at radius 1 is 1.31 bits per heavy atom. The third kappa shape index (κ3) is 1.76. The second-order valence-electron chi connectivity index (χ2n) is 5.14. The third-order valence-corrected chi connectivity index (χ3v) is 3.56. The fraction of sp³-hybridized carbons (Fsp3) is 0.571. The maximum absolute atomic E-state index is 9.85. The van der Waals surface area contributed by atoms with Gasteiger partial charge in [-0.2, -0.15) is 0 Å². The molecule has 16 heavy (non-hydrogen) atoms. The van der Waals surface area contributed by atoms with Gasteiger partial charge in [-0.1, -0.05) is 51.1 Å². The van der Waals surface area contributed by atoms with Crippen LogP contribution in [0.4, 0.5) is 0 Å². The Labute approximate surface area is 97.3 Å². The van der Waals surface area contributed by atoms with Crippen molar-refractivity contribution in [1.82, 2.24) is 0 Å². The van der Waals surface area contributed by atoms with Crippen LogP contribution in [0.25, 0.3) is 0 Å². The van der Waals surface area contributed by atoms with E-state index in [2.05, 4.69) is 26.0 Å². The molecule has 0 amide bonds. The van der Waals surface area contributed by atoms with Crippen molar-refractivity contribution in [3.8, 4) is 0 Å². The van der Waals surface area contributed by atoms with Gasteiger partial charge >= 0.3 is 0 Å². The highest BCUT2D eigenvalue weighted by atomic mass is 16.5. The summed E-state index contributed by atoms with van der Waals surface area (Å²) < 4.78 is 5.84. The first-order valence-corrected chi connectivity index (χ1v) is 5.96. The summed E-state index contributed by atoms with van der Waals surface area (Å²) in [5, 5.41) is 9.85. The summed E-state index contributed by atoms with van der Waals surface area (Å²) >= 11 is 0. The first kappa shape index (κ1) is 11.6. The lowest BCUT2D eigenvalue weighted by molar-refractivity contribution is -0.271. The Bertz CT molecular complexity index is 345. The summed E-state index contributed by atoms with van der Waals surface area (Å²) in [4.78, 5) is 0. The Balaban J connectivity index is 2.13. The number of benzene rings is 1. The van der Waals surface area contributed by atoms with Crippen LogP contribution in [0.2, 0.25) is 0 Å². The molecule has 0 saturated carbocycles. The fourth-order valence-corrected chi connectivity index (χ4v) is 2.51. The molecule has 0 bridgehead atoms. The van der Waals surface area contributed by atoms with Crippen molar-refractivity contribution in [2.75, 3.05) is 0 Å². The molecule has 2 heteroatoms. The van der Waals surface area contributed by atoms with Crippen molar-refractivity contribution in [3.63, 3.8) is 0 Å². The maximum Gasteiger partial charge on any atom is 0.0921 e. The van der Waals surface area contributed by atoms with Crippen molar-refractivity contribution >= 4 is 0 Å². The van der Waals surface area contributed by atoms with Gasteiger partial charge in [-0.05, 0) is 12.0 Å². The van der Waals surface area contributed by atoms with Crippen LogP contribution in [0.5, 0.6) is 0 Å². The van der Waals surface area contributed by atoms with Gasteiger partial charge in [0.1, 0.15) is 0 Å². The van der Waals surface area contributed by atoms with E-state index in [-0.39, 0.29) is 23.7 Å². The first-order chi connectivity index (χ1) is 7.57. The molecule has 1 N–H and O–H groups in total. The molecule has 0 spiro atoms. The minimum Gasteiger partial charge on any atom is -0.390 e. The molecule has 88 valence electrons. The van der Waals surface area contributed by atoms with Crippen LogP contribution in [0.15, 0.2) is 30.3 Å². The summed E-state index contributed by atoms with van der Waals surface area (Å²) in [5.41, 5.74) is 1.21. The Kier molecular flexibility index (Phi) is 3.04. The Hall–Kier alpha value is -0.860. The van der Waals surface area contributed by atoms with Crippen molar-refractivity contribution in [1.29, 1.82) is 0 Å². The van der Waals surface area contributed by atoms with Gasteiger partial charge in [-0.25, -0.2) is 0 Å². The molecule has 1 saturated heterocycles. The molecular weight excluding hydrogens is 200 g/mol. The molecule has 1 aromatic rings. The zero-order chi connectivity index (χ0) is 11.8. The van der Waals surface area contributed by atoms with Crippen molar-refractivity contribution in [3.05, 3.63) is 35.9 Å². The van der Waals surface area contributed by atoms with E-state index in [0.29, 0.717) is 0 Å². The molecule has 1 heterocycles. The van der Waals surface area contributed by atoms with E-state index in [1.807, 2.05) is 25.1 Å². The smallest absolute Gasteiger partial charge is 0.0921 e. The van der Waals surface area contributed by atoms with Gasteiger partial charge < -0.3 is 9.84 Å². The Morgan fingerprint density at radius 2 is 1.94 bits per heavy atom. The predicted octanol–water partition coefficient (Wildman–Crippen LogP) is 2.92. The van der Waals surface area contributed by atoms with Gasteiger partial charge in [-0.3, -0.25) is 0 Å². The van der Waals surface area contributed by atoms with E-state index in [9.17, 15) is 5.11 Å².